The van der Waals surface area contributed by atoms with Crippen molar-refractivity contribution in [1.29, 1.82) is 0 Å². The van der Waals surface area contributed by atoms with Gasteiger partial charge in [-0.1, -0.05) is 66.7 Å². The number of ether oxygens (including phenoxy) is 2. The number of fused-ring (bicyclic) bond motifs is 1. The Morgan fingerprint density at radius 3 is 2.25 bits per heavy atom. The number of nitrogens with one attached hydrogen (secondary N) is 2. The molecular weight excluding hydrogens is 520 g/mol. The topological polar surface area (TPSA) is 76.7 Å². The highest BCUT2D eigenvalue weighted by Crippen LogP contribution is 2.38. The number of hydrogen-bond acceptors (Lipinski definition) is 5. The van der Waals surface area contributed by atoms with E-state index in [2.05, 4.69) is 10.6 Å². The monoisotopic (exact) mass is 548 g/mol. The van der Waals surface area contributed by atoms with E-state index in [1.54, 1.807) is 32.4 Å². The van der Waals surface area contributed by atoms with Crippen LogP contribution < -0.4 is 20.1 Å². The highest BCUT2D eigenvalue weighted by molar-refractivity contribution is 8.00. The van der Waals surface area contributed by atoms with Gasteiger partial charge in [0.2, 0.25) is 5.91 Å². The van der Waals surface area contributed by atoms with Crippen molar-refractivity contribution in [2.45, 2.75) is 10.1 Å². The molecule has 5 rings (SSSR count). The zero-order valence-electron chi connectivity index (χ0n) is 22.1. The van der Waals surface area contributed by atoms with Crippen LogP contribution in [0.15, 0.2) is 120 Å². The van der Waals surface area contributed by atoms with E-state index in [1.165, 1.54) is 11.8 Å². The Bertz CT molecular complexity index is 1660. The van der Waals surface area contributed by atoms with Crippen molar-refractivity contribution < 1.29 is 19.1 Å². The maximum Gasteiger partial charge on any atom is 0.255 e. The van der Waals surface area contributed by atoms with Gasteiger partial charge < -0.3 is 20.1 Å². The van der Waals surface area contributed by atoms with Crippen LogP contribution in [0.1, 0.15) is 21.2 Å². The van der Waals surface area contributed by atoms with Crippen LogP contribution in [0.5, 0.6) is 11.5 Å². The Morgan fingerprint density at radius 1 is 0.700 bits per heavy atom. The van der Waals surface area contributed by atoms with Crippen molar-refractivity contribution in [3.63, 3.8) is 0 Å². The van der Waals surface area contributed by atoms with Crippen molar-refractivity contribution in [3.05, 3.63) is 126 Å². The third kappa shape index (κ3) is 6.27. The number of carbonyl (C=O) groups is 2. The van der Waals surface area contributed by atoms with E-state index in [9.17, 15) is 9.59 Å². The first-order valence-electron chi connectivity index (χ1n) is 12.7. The summed E-state index contributed by atoms with van der Waals surface area (Å²) in [6.45, 7) is 0. The molecular formula is C33H28N2O4S. The number of methoxy groups -OCH3 is 2. The molecule has 1 unspecified atom stereocenters. The van der Waals surface area contributed by atoms with Gasteiger partial charge in [-0.05, 0) is 58.8 Å². The summed E-state index contributed by atoms with van der Waals surface area (Å²) in [4.78, 5) is 27.5. The highest BCUT2D eigenvalue weighted by Gasteiger charge is 2.23. The molecule has 5 aromatic rings. The second-order valence-corrected chi connectivity index (χ2v) is 10.2. The van der Waals surface area contributed by atoms with Crippen LogP contribution in [0.25, 0.3) is 10.8 Å². The minimum Gasteiger partial charge on any atom is -0.497 e. The van der Waals surface area contributed by atoms with E-state index in [4.69, 9.17) is 9.47 Å². The maximum absolute atomic E-state index is 13.6. The molecule has 0 aliphatic heterocycles. The maximum atomic E-state index is 13.6. The van der Waals surface area contributed by atoms with Gasteiger partial charge in [0.25, 0.3) is 5.91 Å². The largest absolute Gasteiger partial charge is 0.497 e. The SMILES string of the molecule is COc1ccc(NC(=O)C(Sc2cccc(NC(=O)c3ccc4ccccc4c3)c2)c2ccccc2)c(OC)c1. The van der Waals surface area contributed by atoms with Crippen molar-refractivity contribution in [2.75, 3.05) is 24.9 Å². The molecule has 40 heavy (non-hydrogen) atoms. The number of rotatable bonds is 9. The predicted octanol–water partition coefficient (Wildman–Crippen LogP) is 7.58. The fourth-order valence-corrected chi connectivity index (χ4v) is 5.40. The van der Waals surface area contributed by atoms with Crippen LogP contribution in [0.3, 0.4) is 0 Å². The average molecular weight is 549 g/mol. The highest BCUT2D eigenvalue weighted by atomic mass is 32.2. The Labute approximate surface area is 237 Å². The number of anilines is 2. The lowest BCUT2D eigenvalue weighted by Crippen LogP contribution is -2.19. The Kier molecular flexibility index (Phi) is 8.32. The van der Waals surface area contributed by atoms with Crippen LogP contribution in [0.2, 0.25) is 0 Å². The molecule has 0 saturated heterocycles. The Hall–Kier alpha value is -4.75. The molecule has 0 saturated carbocycles. The minimum absolute atomic E-state index is 0.197. The van der Waals surface area contributed by atoms with E-state index in [1.807, 2.05) is 97.1 Å². The summed E-state index contributed by atoms with van der Waals surface area (Å²) in [6.07, 6.45) is 0. The van der Waals surface area contributed by atoms with Crippen LogP contribution in [-0.4, -0.2) is 26.0 Å². The van der Waals surface area contributed by atoms with Gasteiger partial charge >= 0.3 is 0 Å². The summed E-state index contributed by atoms with van der Waals surface area (Å²) < 4.78 is 10.7. The molecule has 7 heteroatoms. The van der Waals surface area contributed by atoms with Crippen molar-refractivity contribution in [2.24, 2.45) is 0 Å². The lowest BCUT2D eigenvalue weighted by atomic mass is 10.1. The predicted molar refractivity (Wildman–Crippen MR) is 162 cm³/mol. The van der Waals surface area contributed by atoms with Crippen molar-refractivity contribution >= 4 is 45.7 Å². The summed E-state index contributed by atoms with van der Waals surface area (Å²) in [7, 11) is 3.12. The van der Waals surface area contributed by atoms with Gasteiger partial charge in [0, 0.05) is 22.2 Å². The van der Waals surface area contributed by atoms with E-state index in [-0.39, 0.29) is 11.8 Å². The van der Waals surface area contributed by atoms with E-state index < -0.39 is 5.25 Å². The molecule has 0 radical (unpaired) electrons. The quantitative estimate of drug-likeness (QED) is 0.186. The smallest absolute Gasteiger partial charge is 0.255 e. The van der Waals surface area contributed by atoms with E-state index >= 15 is 0 Å². The summed E-state index contributed by atoms with van der Waals surface area (Å²) in [6, 6.07) is 35.9. The second-order valence-electron chi connectivity index (χ2n) is 9.01. The molecule has 0 aliphatic carbocycles. The lowest BCUT2D eigenvalue weighted by molar-refractivity contribution is -0.115. The standard InChI is InChI=1S/C33H28N2O4S/c1-38-27-17-18-29(30(21-27)39-2)35-33(37)31(23-10-4-3-5-11-23)40-28-14-8-13-26(20-28)34-32(36)25-16-15-22-9-6-7-12-24(22)19-25/h3-21,31H,1-2H3,(H,34,36)(H,35,37). The van der Waals surface area contributed by atoms with Crippen molar-refractivity contribution in [3.8, 4) is 11.5 Å². The first-order chi connectivity index (χ1) is 19.5. The van der Waals surface area contributed by atoms with Crippen LogP contribution in [0, 0.1) is 0 Å². The fourth-order valence-electron chi connectivity index (χ4n) is 4.32. The van der Waals surface area contributed by atoms with Gasteiger partial charge in [-0.25, -0.2) is 0 Å². The van der Waals surface area contributed by atoms with Crippen LogP contribution in [-0.2, 0) is 4.79 Å². The normalized spacial score (nSPS) is 11.4. The summed E-state index contributed by atoms with van der Waals surface area (Å²) in [5, 5.41) is 7.52. The number of hydrogen-bond donors (Lipinski definition) is 2. The minimum atomic E-state index is -0.556. The van der Waals surface area contributed by atoms with Gasteiger partial charge in [-0.15, -0.1) is 11.8 Å². The van der Waals surface area contributed by atoms with Gasteiger partial charge in [-0.3, -0.25) is 9.59 Å². The van der Waals surface area contributed by atoms with E-state index in [0.29, 0.717) is 28.4 Å². The van der Waals surface area contributed by atoms with Crippen molar-refractivity contribution in [1.82, 2.24) is 0 Å². The van der Waals surface area contributed by atoms with Gasteiger partial charge in [0.05, 0.1) is 19.9 Å². The summed E-state index contributed by atoms with van der Waals surface area (Å²) in [5.41, 5.74) is 2.62. The summed E-state index contributed by atoms with van der Waals surface area (Å²) >= 11 is 1.40. The van der Waals surface area contributed by atoms with Crippen LogP contribution in [0.4, 0.5) is 11.4 Å². The molecule has 0 aliphatic rings. The van der Waals surface area contributed by atoms with E-state index in [0.717, 1.165) is 21.2 Å². The molecule has 5 aromatic carbocycles. The lowest BCUT2D eigenvalue weighted by Gasteiger charge is -2.19. The number of amides is 2. The molecule has 0 heterocycles. The van der Waals surface area contributed by atoms with Gasteiger partial charge in [0.1, 0.15) is 16.7 Å². The van der Waals surface area contributed by atoms with Gasteiger partial charge in [0.15, 0.2) is 0 Å². The zero-order valence-corrected chi connectivity index (χ0v) is 22.9. The number of carbonyl (C=O) groups excluding carboxylic acids is 2. The molecule has 0 aromatic heterocycles. The molecule has 0 bridgehead atoms. The number of thioether (sulfide) groups is 1. The molecule has 200 valence electrons. The molecule has 2 amide bonds. The zero-order chi connectivity index (χ0) is 27.9. The molecule has 6 nitrogen and oxygen atoms in total. The van der Waals surface area contributed by atoms with Gasteiger partial charge in [-0.2, -0.15) is 0 Å². The first kappa shape index (κ1) is 26.8. The van der Waals surface area contributed by atoms with Crippen LogP contribution >= 0.6 is 11.8 Å². The molecule has 0 fully saturated rings. The first-order valence-corrected chi connectivity index (χ1v) is 13.6. The third-order valence-electron chi connectivity index (χ3n) is 6.36. The second kappa shape index (κ2) is 12.4. The third-order valence-corrected chi connectivity index (χ3v) is 7.61. The fraction of sp³-hybridized carbons (Fsp3) is 0.0909. The molecule has 2 N–H and O–H groups in total. The Morgan fingerprint density at radius 2 is 1.48 bits per heavy atom. The summed E-state index contributed by atoms with van der Waals surface area (Å²) in [5.74, 6) is 0.733. The molecule has 0 spiro atoms. The molecule has 1 atom stereocenters. The average Bonchev–Trinajstić information content (AvgIpc) is 3.00. The number of benzene rings is 5. The Balaban J connectivity index is 1.36.